The van der Waals surface area contributed by atoms with Crippen LogP contribution in [0.2, 0.25) is 10.0 Å². The number of nitrogens with zero attached hydrogens (tertiary/aromatic N) is 3. The van der Waals surface area contributed by atoms with Gasteiger partial charge in [0.1, 0.15) is 6.34 Å². The molecular formula is C20H12Cl2F3N5O3S. The van der Waals surface area contributed by atoms with Gasteiger partial charge in [0.15, 0.2) is 11.0 Å². The van der Waals surface area contributed by atoms with Gasteiger partial charge in [-0.2, -0.15) is 18.2 Å². The first kappa shape index (κ1) is 25.1. The van der Waals surface area contributed by atoms with Crippen molar-refractivity contribution in [3.8, 4) is 5.88 Å². The fourth-order valence-electron chi connectivity index (χ4n) is 2.51. The summed E-state index contributed by atoms with van der Waals surface area (Å²) < 4.78 is 31.7. The number of carbonyl (C=O) groups is 1. The van der Waals surface area contributed by atoms with Crippen molar-refractivity contribution in [3.05, 3.63) is 67.5 Å². The second-order valence-electron chi connectivity index (χ2n) is 6.37. The number of benzene rings is 2. The van der Waals surface area contributed by atoms with E-state index in [-0.39, 0.29) is 11.7 Å². The topological polar surface area (TPSA) is 131 Å². The molecule has 0 radical (unpaired) electrons. The zero-order chi connectivity index (χ0) is 25.0. The number of para-hydroxylation sites is 1. The number of anilines is 2. The van der Waals surface area contributed by atoms with Crippen LogP contribution < -0.4 is 15.9 Å². The van der Waals surface area contributed by atoms with Crippen LogP contribution in [-0.2, 0) is 4.79 Å². The molecule has 0 atom stereocenters. The summed E-state index contributed by atoms with van der Waals surface area (Å²) in [7, 11) is 0. The highest BCUT2D eigenvalue weighted by Gasteiger charge is 2.38. The second-order valence-corrected chi connectivity index (χ2v) is 8.22. The molecule has 0 unspecified atom stereocenters. The third-order valence-corrected chi connectivity index (χ3v) is 5.57. The molecule has 3 aromatic rings. The molecule has 4 N–H and O–H groups in total. The third kappa shape index (κ3) is 6.10. The van der Waals surface area contributed by atoms with E-state index in [4.69, 9.17) is 38.5 Å². The largest absolute Gasteiger partial charge is 0.492 e. The molecule has 1 aliphatic rings. The molecule has 4 rings (SSSR count). The molecule has 0 saturated carbocycles. The number of thiazole rings is 1. The predicted molar refractivity (Wildman–Crippen MR) is 123 cm³/mol. The quantitative estimate of drug-likeness (QED) is 0.400. The van der Waals surface area contributed by atoms with Crippen molar-refractivity contribution >= 4 is 69.6 Å². The van der Waals surface area contributed by atoms with Crippen LogP contribution in [0.4, 0.5) is 24.0 Å². The number of halogens is 5. The first-order valence-corrected chi connectivity index (χ1v) is 10.5. The zero-order valence-corrected chi connectivity index (χ0v) is 18.9. The van der Waals surface area contributed by atoms with Gasteiger partial charge in [-0.1, -0.05) is 46.7 Å². The Balaban J connectivity index is 0.000000406. The van der Waals surface area contributed by atoms with Crippen LogP contribution in [-0.4, -0.2) is 39.5 Å². The first-order chi connectivity index (χ1) is 16.0. The predicted octanol–water partition coefficient (Wildman–Crippen LogP) is 4.35. The zero-order valence-electron chi connectivity index (χ0n) is 16.6. The smallest absolute Gasteiger partial charge is 0.490 e. The molecule has 0 spiro atoms. The van der Waals surface area contributed by atoms with Crippen LogP contribution in [0.5, 0.6) is 5.88 Å². The lowest BCUT2D eigenvalue weighted by Crippen LogP contribution is -2.21. The fourth-order valence-corrected chi connectivity index (χ4v) is 3.83. The summed E-state index contributed by atoms with van der Waals surface area (Å²) in [6.07, 6.45) is -1.95. The minimum absolute atomic E-state index is 0.110. The number of aliphatic imine (C=N–C) groups is 1. The van der Waals surface area contributed by atoms with Gasteiger partial charge >= 0.3 is 12.1 Å². The highest BCUT2D eigenvalue weighted by atomic mass is 35.5. The number of alkyl halides is 3. The van der Waals surface area contributed by atoms with Crippen LogP contribution in [0.3, 0.4) is 0 Å². The van der Waals surface area contributed by atoms with Gasteiger partial charge in [-0.15, -0.1) is 0 Å². The van der Waals surface area contributed by atoms with Crippen LogP contribution in [0.1, 0.15) is 10.4 Å². The number of fused-ring (bicyclic) bond motifs is 1. The lowest BCUT2D eigenvalue weighted by molar-refractivity contribution is -0.192. The van der Waals surface area contributed by atoms with Gasteiger partial charge in [0.05, 0.1) is 26.0 Å². The molecule has 1 aromatic heterocycles. The van der Waals surface area contributed by atoms with Crippen molar-refractivity contribution in [3.63, 3.8) is 0 Å². The third-order valence-electron chi connectivity index (χ3n) is 4.03. The van der Waals surface area contributed by atoms with Gasteiger partial charge < -0.3 is 15.5 Å². The molecule has 176 valence electrons. The van der Waals surface area contributed by atoms with Crippen molar-refractivity contribution in [2.24, 2.45) is 9.98 Å². The SMILES string of the molecule is N=C1N=CN=c2cc/c(=C\c3sc(Nc4c(Cl)cccc4Cl)nc3O)cc21.O=C(O)C(F)(F)F. The van der Waals surface area contributed by atoms with Crippen molar-refractivity contribution in [2.45, 2.75) is 6.18 Å². The van der Waals surface area contributed by atoms with Gasteiger partial charge in [-0.25, -0.2) is 14.8 Å². The molecule has 0 amide bonds. The summed E-state index contributed by atoms with van der Waals surface area (Å²) >= 11 is 13.6. The molecule has 2 aromatic carbocycles. The molecule has 8 nitrogen and oxygen atoms in total. The number of carboxylic acid groups (broad SMARTS) is 1. The Morgan fingerprint density at radius 3 is 2.44 bits per heavy atom. The standard InChI is InChI=1S/C18H11Cl2N5OS.C2HF3O2/c19-11-2-1-3-12(20)15(11)24-18-25-17(26)14(27-18)7-9-4-5-13-10(6-9)16(21)23-8-22-13;3-2(4,5)1(6)7/h1-8,21,26H,(H,24,25);(H,6,7)/b9-7+,21-16?;. The Morgan fingerprint density at radius 2 is 1.82 bits per heavy atom. The molecule has 1 aliphatic heterocycles. The fraction of sp³-hybridized carbons (Fsp3) is 0.0500. The summed E-state index contributed by atoms with van der Waals surface area (Å²) in [6.45, 7) is 0. The summed E-state index contributed by atoms with van der Waals surface area (Å²) in [5.41, 5.74) is 1.17. The minimum Gasteiger partial charge on any atom is -0.492 e. The normalized spacial score (nSPS) is 13.0. The first-order valence-electron chi connectivity index (χ1n) is 8.97. The van der Waals surface area contributed by atoms with Crippen molar-refractivity contribution < 1.29 is 28.2 Å². The van der Waals surface area contributed by atoms with Gasteiger partial charge in [0.25, 0.3) is 0 Å². The van der Waals surface area contributed by atoms with Gasteiger partial charge in [0.2, 0.25) is 5.88 Å². The summed E-state index contributed by atoms with van der Waals surface area (Å²) in [5, 5.41) is 31.1. The van der Waals surface area contributed by atoms with Crippen LogP contribution in [0.15, 0.2) is 46.4 Å². The van der Waals surface area contributed by atoms with Gasteiger partial charge in [0, 0.05) is 5.56 Å². The van der Waals surface area contributed by atoms with Crippen LogP contribution in [0.25, 0.3) is 6.08 Å². The molecular weight excluding hydrogens is 518 g/mol. The Labute approximate surface area is 202 Å². The molecule has 0 fully saturated rings. The Morgan fingerprint density at radius 1 is 1.18 bits per heavy atom. The maximum atomic E-state index is 10.6. The van der Waals surface area contributed by atoms with E-state index >= 15 is 0 Å². The number of aromatic hydroxyl groups is 1. The van der Waals surface area contributed by atoms with E-state index in [9.17, 15) is 18.3 Å². The average molecular weight is 530 g/mol. The number of rotatable bonds is 3. The maximum Gasteiger partial charge on any atom is 0.490 e. The number of hydrogen-bond acceptors (Lipinski definition) is 7. The molecule has 0 saturated heterocycles. The number of aliphatic carboxylic acids is 1. The lowest BCUT2D eigenvalue weighted by atomic mass is 10.1. The molecule has 34 heavy (non-hydrogen) atoms. The van der Waals surface area contributed by atoms with E-state index in [2.05, 4.69) is 20.3 Å². The molecule has 0 aliphatic carbocycles. The van der Waals surface area contributed by atoms with E-state index in [1.54, 1.807) is 30.3 Å². The van der Waals surface area contributed by atoms with E-state index < -0.39 is 12.1 Å². The van der Waals surface area contributed by atoms with Gasteiger partial charge in [-0.3, -0.25) is 5.41 Å². The number of amidine groups is 1. The summed E-state index contributed by atoms with van der Waals surface area (Å²) in [6, 6.07) is 10.6. The van der Waals surface area contributed by atoms with Crippen LogP contribution in [0, 0.1) is 5.41 Å². The van der Waals surface area contributed by atoms with E-state index in [1.807, 2.05) is 12.1 Å². The second kappa shape index (κ2) is 10.2. The van der Waals surface area contributed by atoms with E-state index in [0.29, 0.717) is 36.7 Å². The van der Waals surface area contributed by atoms with Crippen molar-refractivity contribution in [2.75, 3.05) is 5.32 Å². The van der Waals surface area contributed by atoms with Crippen molar-refractivity contribution in [1.82, 2.24) is 4.98 Å². The molecule has 2 heterocycles. The van der Waals surface area contributed by atoms with E-state index in [0.717, 1.165) is 5.22 Å². The Kier molecular flexibility index (Phi) is 7.54. The summed E-state index contributed by atoms with van der Waals surface area (Å²) in [4.78, 5) is 21.6. The minimum atomic E-state index is -5.08. The summed E-state index contributed by atoms with van der Waals surface area (Å²) in [5.74, 6) is -2.71. The lowest BCUT2D eigenvalue weighted by Gasteiger charge is -2.06. The molecule has 14 heteroatoms. The highest BCUT2D eigenvalue weighted by molar-refractivity contribution is 7.16. The monoisotopic (exact) mass is 529 g/mol. The molecule has 0 bridgehead atoms. The Hall–Kier alpha value is -3.48. The maximum absolute atomic E-state index is 10.6. The number of aromatic nitrogens is 1. The average Bonchev–Trinajstić information content (AvgIpc) is 3.10. The van der Waals surface area contributed by atoms with Crippen LogP contribution >= 0.6 is 34.5 Å². The van der Waals surface area contributed by atoms with Crippen molar-refractivity contribution in [1.29, 1.82) is 5.41 Å². The number of hydrogen-bond donors (Lipinski definition) is 4. The van der Waals surface area contributed by atoms with Gasteiger partial charge in [-0.05, 0) is 35.6 Å². The Bertz CT molecular complexity index is 1400. The van der Waals surface area contributed by atoms with E-state index in [1.165, 1.54) is 17.7 Å². The number of nitrogens with one attached hydrogen (secondary N) is 2. The highest BCUT2D eigenvalue weighted by Crippen LogP contribution is 2.36. The number of carboxylic acids is 1.